The second kappa shape index (κ2) is 12.1. The number of nitrogens with one attached hydrogen (secondary N) is 2. The first-order valence-corrected chi connectivity index (χ1v) is 13.3. The van der Waals surface area contributed by atoms with Crippen LogP contribution >= 0.6 is 0 Å². The van der Waals surface area contributed by atoms with Crippen molar-refractivity contribution in [2.45, 2.75) is 125 Å². The number of hydrogen-bond acceptors (Lipinski definition) is 5. The van der Waals surface area contributed by atoms with Crippen molar-refractivity contribution in [3.8, 4) is 17.2 Å². The summed E-state index contributed by atoms with van der Waals surface area (Å²) in [6, 6.07) is 3.55. The Labute approximate surface area is 221 Å². The van der Waals surface area contributed by atoms with Gasteiger partial charge < -0.3 is 24.8 Å². The fourth-order valence-corrected chi connectivity index (χ4v) is 5.12. The van der Waals surface area contributed by atoms with Crippen LogP contribution in [0, 0.1) is 11.3 Å². The Morgan fingerprint density at radius 1 is 0.833 bits per heavy atom. The van der Waals surface area contributed by atoms with E-state index in [0.29, 0.717) is 28.7 Å². The van der Waals surface area contributed by atoms with Gasteiger partial charge in [0, 0.05) is 24.6 Å². The molecule has 0 bridgehead atoms. The van der Waals surface area contributed by atoms with Crippen LogP contribution in [-0.4, -0.2) is 42.8 Å². The van der Waals surface area contributed by atoms with Crippen LogP contribution in [0.3, 0.4) is 0 Å². The fraction of sp³-hybridized carbons (Fsp3) is 0.767. The maximum absolute atomic E-state index is 12.7. The Hall–Kier alpha value is -1.95. The van der Waals surface area contributed by atoms with Crippen LogP contribution < -0.4 is 24.8 Å². The largest absolute Gasteiger partial charge is 0.487 e. The zero-order valence-corrected chi connectivity index (χ0v) is 25.6. The highest BCUT2D eigenvalue weighted by Crippen LogP contribution is 2.45. The number of rotatable bonds is 13. The van der Waals surface area contributed by atoms with Crippen molar-refractivity contribution in [3.63, 3.8) is 0 Å². The maximum Gasteiger partial charge on any atom is 0.251 e. The number of carbonyl (C=O) groups excluding carboxylic acids is 1. The summed E-state index contributed by atoms with van der Waals surface area (Å²) >= 11 is 0. The first kappa shape index (κ1) is 32.1. The zero-order chi connectivity index (χ0) is 28.1. The SMILES string of the molecule is CNC(=O)c1cc(OC(C)CC(C)C)c(OC(C)(C)CC(C)(C)NC)c(OC(C)(C)CC(C)(C)C)c1. The molecular weight excluding hydrogens is 452 g/mol. The first-order valence-electron chi connectivity index (χ1n) is 13.3. The maximum atomic E-state index is 12.7. The van der Waals surface area contributed by atoms with Crippen LogP contribution in [0.2, 0.25) is 0 Å². The van der Waals surface area contributed by atoms with E-state index >= 15 is 0 Å². The molecule has 0 heterocycles. The number of benzene rings is 1. The molecule has 0 spiro atoms. The summed E-state index contributed by atoms with van der Waals surface area (Å²) in [5.41, 5.74) is -0.625. The van der Waals surface area contributed by atoms with Crippen LogP contribution in [0.15, 0.2) is 12.1 Å². The average Bonchev–Trinajstić information content (AvgIpc) is 2.65. The predicted molar refractivity (Wildman–Crippen MR) is 151 cm³/mol. The van der Waals surface area contributed by atoms with E-state index in [2.05, 4.69) is 93.7 Å². The van der Waals surface area contributed by atoms with Gasteiger partial charge in [-0.2, -0.15) is 0 Å². The summed E-state index contributed by atoms with van der Waals surface area (Å²) in [6.07, 6.45) is 2.39. The van der Waals surface area contributed by atoms with Gasteiger partial charge in [0.2, 0.25) is 5.75 Å². The average molecular weight is 507 g/mol. The van der Waals surface area contributed by atoms with Crippen molar-refractivity contribution in [1.82, 2.24) is 10.6 Å². The molecule has 6 nitrogen and oxygen atoms in total. The molecule has 6 heteroatoms. The Balaban J connectivity index is 3.70. The van der Waals surface area contributed by atoms with Crippen molar-refractivity contribution in [2.75, 3.05) is 14.1 Å². The van der Waals surface area contributed by atoms with Crippen LogP contribution in [0.4, 0.5) is 0 Å². The fourth-order valence-electron chi connectivity index (χ4n) is 5.12. The standard InChI is InChI=1S/C30H54N2O4/c1-20(2)15-21(3)34-23-16-22(26(33)31-13)17-24(35-29(9,10)18-27(4,5)6)25(23)36-30(11,12)19-28(7,8)32-14/h16-17,20-21,32H,15,18-19H2,1-14H3,(H,31,33). The highest BCUT2D eigenvalue weighted by molar-refractivity contribution is 5.95. The van der Waals surface area contributed by atoms with Gasteiger partial charge in [-0.05, 0) is 91.8 Å². The van der Waals surface area contributed by atoms with E-state index in [1.165, 1.54) is 0 Å². The molecule has 1 aromatic carbocycles. The lowest BCUT2D eigenvalue weighted by atomic mass is 9.83. The zero-order valence-electron chi connectivity index (χ0n) is 25.6. The normalized spacial score (nSPS) is 14.0. The van der Waals surface area contributed by atoms with Gasteiger partial charge in [0.15, 0.2) is 11.5 Å². The van der Waals surface area contributed by atoms with Gasteiger partial charge >= 0.3 is 0 Å². The van der Waals surface area contributed by atoms with E-state index in [9.17, 15) is 4.79 Å². The number of amides is 1. The molecule has 1 amide bonds. The van der Waals surface area contributed by atoms with Crippen LogP contribution in [0.1, 0.15) is 113 Å². The van der Waals surface area contributed by atoms with Crippen LogP contribution in [0.5, 0.6) is 17.2 Å². The summed E-state index contributed by atoms with van der Waals surface area (Å²) in [4.78, 5) is 12.7. The minimum atomic E-state index is -0.535. The monoisotopic (exact) mass is 506 g/mol. The summed E-state index contributed by atoms with van der Waals surface area (Å²) < 4.78 is 19.8. The molecule has 0 radical (unpaired) electrons. The van der Waals surface area contributed by atoms with Crippen LogP contribution in [0.25, 0.3) is 0 Å². The van der Waals surface area contributed by atoms with Crippen molar-refractivity contribution in [2.24, 2.45) is 11.3 Å². The second-order valence-corrected chi connectivity index (χ2v) is 13.7. The third kappa shape index (κ3) is 11.0. The lowest BCUT2D eigenvalue weighted by Gasteiger charge is -2.38. The smallest absolute Gasteiger partial charge is 0.251 e. The molecule has 1 rings (SSSR count). The third-order valence-electron chi connectivity index (χ3n) is 5.91. The van der Waals surface area contributed by atoms with Crippen molar-refractivity contribution in [3.05, 3.63) is 17.7 Å². The van der Waals surface area contributed by atoms with E-state index in [-0.39, 0.29) is 23.0 Å². The van der Waals surface area contributed by atoms with Gasteiger partial charge in [0.25, 0.3) is 5.91 Å². The van der Waals surface area contributed by atoms with Gasteiger partial charge in [0.1, 0.15) is 11.2 Å². The van der Waals surface area contributed by atoms with Crippen LogP contribution in [-0.2, 0) is 0 Å². The van der Waals surface area contributed by atoms with Crippen molar-refractivity contribution < 1.29 is 19.0 Å². The molecule has 0 fully saturated rings. The molecule has 2 N–H and O–H groups in total. The molecule has 0 aromatic heterocycles. The Bertz CT molecular complexity index is 866. The topological polar surface area (TPSA) is 68.8 Å². The van der Waals surface area contributed by atoms with Gasteiger partial charge in [-0.25, -0.2) is 0 Å². The Morgan fingerprint density at radius 2 is 1.36 bits per heavy atom. The van der Waals surface area contributed by atoms with Gasteiger partial charge in [-0.1, -0.05) is 34.6 Å². The Morgan fingerprint density at radius 3 is 1.83 bits per heavy atom. The second-order valence-electron chi connectivity index (χ2n) is 13.7. The summed E-state index contributed by atoms with van der Waals surface area (Å²) in [5, 5.41) is 6.10. The number of ether oxygens (including phenoxy) is 3. The lowest BCUT2D eigenvalue weighted by molar-refractivity contribution is 0.0357. The molecule has 1 unspecified atom stereocenters. The lowest BCUT2D eigenvalue weighted by Crippen LogP contribution is -2.45. The summed E-state index contributed by atoms with van der Waals surface area (Å²) in [6.45, 7) is 25.6. The molecule has 0 aliphatic heterocycles. The molecule has 0 saturated heterocycles. The molecule has 208 valence electrons. The molecule has 0 saturated carbocycles. The molecule has 0 aliphatic carbocycles. The number of carbonyl (C=O) groups is 1. The van der Waals surface area contributed by atoms with Gasteiger partial charge in [-0.15, -0.1) is 0 Å². The molecule has 1 aromatic rings. The van der Waals surface area contributed by atoms with E-state index in [4.69, 9.17) is 14.2 Å². The third-order valence-corrected chi connectivity index (χ3v) is 5.91. The van der Waals surface area contributed by atoms with Gasteiger partial charge in [-0.3, -0.25) is 4.79 Å². The van der Waals surface area contributed by atoms with E-state index in [1.54, 1.807) is 19.2 Å². The van der Waals surface area contributed by atoms with Crippen molar-refractivity contribution in [1.29, 1.82) is 0 Å². The Kier molecular flexibility index (Phi) is 10.7. The quantitative estimate of drug-likeness (QED) is 0.301. The molecule has 0 aliphatic rings. The molecule has 1 atom stereocenters. The highest BCUT2D eigenvalue weighted by atomic mass is 16.6. The van der Waals surface area contributed by atoms with E-state index in [0.717, 1.165) is 19.3 Å². The van der Waals surface area contributed by atoms with Gasteiger partial charge in [0.05, 0.1) is 6.10 Å². The molecular formula is C30H54N2O4. The number of hydrogen-bond donors (Lipinski definition) is 2. The first-order chi connectivity index (χ1) is 16.2. The minimum Gasteiger partial charge on any atom is -0.487 e. The predicted octanol–water partition coefficient (Wildman–Crippen LogP) is 7.00. The van der Waals surface area contributed by atoms with E-state index < -0.39 is 11.2 Å². The van der Waals surface area contributed by atoms with E-state index in [1.807, 2.05) is 7.05 Å². The highest BCUT2D eigenvalue weighted by Gasteiger charge is 2.34. The molecule has 36 heavy (non-hydrogen) atoms. The summed E-state index contributed by atoms with van der Waals surface area (Å²) in [7, 11) is 3.58. The summed E-state index contributed by atoms with van der Waals surface area (Å²) in [5.74, 6) is 1.86. The van der Waals surface area contributed by atoms with Crippen molar-refractivity contribution >= 4 is 5.91 Å². The minimum absolute atomic E-state index is 0.0559.